The molecule has 1 aliphatic rings. The van der Waals surface area contributed by atoms with Crippen LogP contribution in [0.1, 0.15) is 24.1 Å². The van der Waals surface area contributed by atoms with E-state index in [1.807, 2.05) is 14.0 Å². The van der Waals surface area contributed by atoms with Crippen LogP contribution in [-0.4, -0.2) is 42.6 Å². The Kier molecular flexibility index (Phi) is 5.65. The van der Waals surface area contributed by atoms with Gasteiger partial charge in [0.05, 0.1) is 12.8 Å². The number of fused-ring (bicyclic) bond motifs is 1. The highest BCUT2D eigenvalue weighted by Crippen LogP contribution is 2.27. The van der Waals surface area contributed by atoms with E-state index in [0.717, 1.165) is 31.6 Å². The van der Waals surface area contributed by atoms with E-state index in [1.165, 1.54) is 17.7 Å². The van der Waals surface area contributed by atoms with E-state index in [1.54, 1.807) is 11.8 Å². The molecule has 3 rings (SSSR count). The zero-order valence-electron chi connectivity index (χ0n) is 15.7. The zero-order valence-corrected chi connectivity index (χ0v) is 15.7. The molecule has 2 N–H and O–H groups in total. The lowest BCUT2D eigenvalue weighted by Crippen LogP contribution is -2.34. The summed E-state index contributed by atoms with van der Waals surface area (Å²) >= 11 is 0. The molecule has 140 valence electrons. The number of benzene rings is 1. The van der Waals surface area contributed by atoms with E-state index in [0.29, 0.717) is 18.1 Å². The summed E-state index contributed by atoms with van der Waals surface area (Å²) in [6.07, 6.45) is 3.23. The van der Waals surface area contributed by atoms with E-state index in [-0.39, 0.29) is 6.03 Å². The molecule has 26 heavy (non-hydrogen) atoms. The van der Waals surface area contributed by atoms with Gasteiger partial charge in [0, 0.05) is 32.4 Å². The van der Waals surface area contributed by atoms with Gasteiger partial charge in [-0.25, -0.2) is 4.79 Å². The number of anilines is 2. The number of hydrogen-bond donors (Lipinski definition) is 2. The third kappa shape index (κ3) is 3.92. The average Bonchev–Trinajstić information content (AvgIpc) is 2.93. The molecule has 1 aromatic carbocycles. The Hall–Kier alpha value is -2.70. The lowest BCUT2D eigenvalue weighted by Gasteiger charge is -2.31. The Morgan fingerprint density at radius 1 is 1.35 bits per heavy atom. The number of rotatable bonds is 6. The number of ether oxygens (including phenoxy) is 1. The summed E-state index contributed by atoms with van der Waals surface area (Å²) in [4.78, 5) is 14.6. The largest absolute Gasteiger partial charge is 0.478 e. The number of nitrogens with zero attached hydrogens (tertiary/aromatic N) is 3. The van der Waals surface area contributed by atoms with Crippen molar-refractivity contribution in [1.29, 1.82) is 0 Å². The molecule has 0 saturated carbocycles. The molecule has 0 bridgehead atoms. The number of nitrogens with one attached hydrogen (secondary N) is 2. The normalized spacial score (nSPS) is 13.3. The molecule has 2 heterocycles. The maximum atomic E-state index is 12.2. The first kappa shape index (κ1) is 18.1. The third-order valence-corrected chi connectivity index (χ3v) is 4.83. The summed E-state index contributed by atoms with van der Waals surface area (Å²) in [6.45, 7) is 4.52. The molecule has 0 fully saturated rings. The van der Waals surface area contributed by atoms with Crippen molar-refractivity contribution in [2.75, 3.05) is 37.0 Å². The Bertz CT molecular complexity index is 771. The molecule has 0 saturated heterocycles. The molecular formula is C19H27N5O2. The molecule has 7 heteroatoms. The monoisotopic (exact) mass is 357 g/mol. The number of carbonyl (C=O) groups is 1. The van der Waals surface area contributed by atoms with Crippen LogP contribution in [0.3, 0.4) is 0 Å². The van der Waals surface area contributed by atoms with Crippen LogP contribution >= 0.6 is 0 Å². The first-order valence-corrected chi connectivity index (χ1v) is 9.05. The van der Waals surface area contributed by atoms with Crippen molar-refractivity contribution in [3.63, 3.8) is 0 Å². The number of methoxy groups -OCH3 is 1. The van der Waals surface area contributed by atoms with Crippen molar-refractivity contribution >= 4 is 17.4 Å². The second-order valence-electron chi connectivity index (χ2n) is 6.55. The molecule has 7 nitrogen and oxygen atoms in total. The van der Waals surface area contributed by atoms with Crippen molar-refractivity contribution in [3.8, 4) is 5.88 Å². The lowest BCUT2D eigenvalue weighted by molar-refractivity contribution is 0.252. The Morgan fingerprint density at radius 2 is 2.15 bits per heavy atom. The van der Waals surface area contributed by atoms with Crippen molar-refractivity contribution in [2.24, 2.45) is 7.05 Å². The molecule has 2 aromatic rings. The first-order chi connectivity index (χ1) is 12.6. The molecule has 0 aliphatic carbocycles. The van der Waals surface area contributed by atoms with Crippen LogP contribution in [0.25, 0.3) is 0 Å². The van der Waals surface area contributed by atoms with Crippen LogP contribution in [0.2, 0.25) is 0 Å². The maximum Gasteiger partial charge on any atom is 0.319 e. The van der Waals surface area contributed by atoms with Crippen LogP contribution in [-0.2, 0) is 13.5 Å². The van der Waals surface area contributed by atoms with E-state index in [4.69, 9.17) is 4.74 Å². The van der Waals surface area contributed by atoms with Gasteiger partial charge in [-0.1, -0.05) is 18.2 Å². The second kappa shape index (κ2) is 8.12. The number of urea groups is 1. The van der Waals surface area contributed by atoms with Gasteiger partial charge in [0.2, 0.25) is 0 Å². The first-order valence-electron chi connectivity index (χ1n) is 9.05. The minimum absolute atomic E-state index is 0.238. The van der Waals surface area contributed by atoms with Crippen molar-refractivity contribution < 1.29 is 9.53 Å². The van der Waals surface area contributed by atoms with Crippen molar-refractivity contribution in [2.45, 2.75) is 26.2 Å². The highest BCUT2D eigenvalue weighted by molar-refractivity contribution is 5.91. The fraction of sp³-hybridized carbons (Fsp3) is 0.474. The van der Waals surface area contributed by atoms with Gasteiger partial charge in [0.15, 0.2) is 0 Å². The third-order valence-electron chi connectivity index (χ3n) is 4.83. The molecule has 0 atom stereocenters. The zero-order chi connectivity index (χ0) is 18.5. The van der Waals surface area contributed by atoms with E-state index in [2.05, 4.69) is 44.9 Å². The van der Waals surface area contributed by atoms with Gasteiger partial charge in [0.25, 0.3) is 5.88 Å². The van der Waals surface area contributed by atoms with E-state index < -0.39 is 0 Å². The summed E-state index contributed by atoms with van der Waals surface area (Å²) in [5.74, 6) is 0.421. The van der Waals surface area contributed by atoms with Gasteiger partial charge >= 0.3 is 6.03 Å². The second-order valence-corrected chi connectivity index (χ2v) is 6.55. The predicted octanol–water partition coefficient (Wildman–Crippen LogP) is 2.70. The van der Waals surface area contributed by atoms with Gasteiger partial charge in [0.1, 0.15) is 5.69 Å². The number of carbonyl (C=O) groups excluding carboxylic acids is 1. The fourth-order valence-corrected chi connectivity index (χ4v) is 3.34. The number of amides is 2. The molecular weight excluding hydrogens is 330 g/mol. The number of aromatic nitrogens is 2. The van der Waals surface area contributed by atoms with Crippen molar-refractivity contribution in [3.05, 3.63) is 35.5 Å². The fourth-order valence-electron chi connectivity index (χ4n) is 3.34. The molecule has 0 unspecified atom stereocenters. The van der Waals surface area contributed by atoms with Crippen LogP contribution in [0.5, 0.6) is 5.88 Å². The average molecular weight is 357 g/mol. The minimum atomic E-state index is -0.238. The highest BCUT2D eigenvalue weighted by Gasteiger charge is 2.17. The van der Waals surface area contributed by atoms with Crippen LogP contribution in [0.4, 0.5) is 16.2 Å². The number of para-hydroxylation sites is 1. The topological polar surface area (TPSA) is 71.4 Å². The van der Waals surface area contributed by atoms with Gasteiger partial charge in [-0.3, -0.25) is 4.68 Å². The summed E-state index contributed by atoms with van der Waals surface area (Å²) in [7, 11) is 3.36. The molecule has 0 radical (unpaired) electrons. The molecule has 1 aromatic heterocycles. The predicted molar refractivity (Wildman–Crippen MR) is 103 cm³/mol. The Morgan fingerprint density at radius 3 is 2.96 bits per heavy atom. The Labute approximate surface area is 154 Å². The summed E-state index contributed by atoms with van der Waals surface area (Å²) < 4.78 is 6.89. The summed E-state index contributed by atoms with van der Waals surface area (Å²) in [6, 6.07) is 8.34. The van der Waals surface area contributed by atoms with E-state index in [9.17, 15) is 4.79 Å². The summed E-state index contributed by atoms with van der Waals surface area (Å²) in [5.41, 5.74) is 4.21. The quantitative estimate of drug-likeness (QED) is 0.780. The number of aryl methyl sites for hydroxylation is 2. The van der Waals surface area contributed by atoms with Gasteiger partial charge in [-0.15, -0.1) is 5.10 Å². The maximum absolute atomic E-state index is 12.2. The van der Waals surface area contributed by atoms with Crippen LogP contribution in [0.15, 0.2) is 24.3 Å². The Balaban J connectivity index is 1.47. The molecule has 0 spiro atoms. The van der Waals surface area contributed by atoms with Crippen LogP contribution in [0, 0.1) is 6.92 Å². The molecule has 1 aliphatic heterocycles. The van der Waals surface area contributed by atoms with Gasteiger partial charge < -0.3 is 20.3 Å². The van der Waals surface area contributed by atoms with Gasteiger partial charge in [-0.2, -0.15) is 0 Å². The minimum Gasteiger partial charge on any atom is -0.478 e. The smallest absolute Gasteiger partial charge is 0.319 e. The number of hydrogen-bond acceptors (Lipinski definition) is 4. The van der Waals surface area contributed by atoms with E-state index >= 15 is 0 Å². The van der Waals surface area contributed by atoms with Gasteiger partial charge in [-0.05, 0) is 37.8 Å². The standard InChI is InChI=1S/C19H27N5O2/c1-14-17(18(26-3)22-23(14)2)21-19(25)20-11-7-13-24-12-6-9-15-8-4-5-10-16(15)24/h4-5,8,10H,6-7,9,11-13H2,1-3H3,(H2,20,21,25). The van der Waals surface area contributed by atoms with Crippen LogP contribution < -0.4 is 20.3 Å². The summed E-state index contributed by atoms with van der Waals surface area (Å²) in [5, 5.41) is 9.95. The van der Waals surface area contributed by atoms with Crippen molar-refractivity contribution in [1.82, 2.24) is 15.1 Å². The highest BCUT2D eigenvalue weighted by atomic mass is 16.5. The lowest BCUT2D eigenvalue weighted by atomic mass is 10.0. The molecule has 2 amide bonds. The SMILES string of the molecule is COc1nn(C)c(C)c1NC(=O)NCCCN1CCCc2ccccc21.